The molecule has 214 valence electrons. The molecule has 2 aliphatic rings. The molecule has 2 fully saturated rings. The van der Waals surface area contributed by atoms with Crippen LogP contribution in [0.2, 0.25) is 0 Å². The Morgan fingerprint density at radius 1 is 0.951 bits per heavy atom. The molecule has 6 rings (SSSR count). The van der Waals surface area contributed by atoms with Gasteiger partial charge in [0, 0.05) is 75.8 Å². The van der Waals surface area contributed by atoms with Gasteiger partial charge in [-0.1, -0.05) is 6.07 Å². The third-order valence-electron chi connectivity index (χ3n) is 7.57. The monoisotopic (exact) mass is 554 g/mol. The molecule has 0 atom stereocenters. The fraction of sp³-hybridized carbons (Fsp3) is 0.452. The van der Waals surface area contributed by atoms with E-state index in [2.05, 4.69) is 60.1 Å². The first-order chi connectivity index (χ1) is 19.8. The van der Waals surface area contributed by atoms with Crippen molar-refractivity contribution in [3.8, 4) is 11.3 Å². The molecule has 2 aliphatic heterocycles. The maximum absolute atomic E-state index is 12.4. The van der Waals surface area contributed by atoms with Gasteiger partial charge in [0.25, 0.3) is 0 Å². The van der Waals surface area contributed by atoms with E-state index in [9.17, 15) is 4.79 Å². The number of amides is 1. The van der Waals surface area contributed by atoms with Crippen LogP contribution in [0.3, 0.4) is 0 Å². The van der Waals surface area contributed by atoms with Crippen LogP contribution in [-0.2, 0) is 17.7 Å². The number of carbonyl (C=O) groups excluding carboxylic acids is 1. The second-order valence-electron chi connectivity index (χ2n) is 11.9. The van der Waals surface area contributed by atoms with Crippen molar-refractivity contribution in [1.29, 1.82) is 0 Å². The van der Waals surface area contributed by atoms with Crippen LogP contribution < -0.4 is 4.90 Å². The summed E-state index contributed by atoms with van der Waals surface area (Å²) in [6, 6.07) is 12.5. The second-order valence-corrected chi connectivity index (χ2v) is 11.9. The molecule has 4 aromatic rings. The van der Waals surface area contributed by atoms with Crippen LogP contribution >= 0.6 is 0 Å². The predicted octanol–water partition coefficient (Wildman–Crippen LogP) is 4.66. The summed E-state index contributed by atoms with van der Waals surface area (Å²) in [5.74, 6) is 1.88. The number of benzene rings is 1. The lowest BCUT2D eigenvalue weighted by atomic mass is 10.1. The fourth-order valence-electron chi connectivity index (χ4n) is 5.50. The van der Waals surface area contributed by atoms with Crippen LogP contribution in [0.5, 0.6) is 0 Å². The summed E-state index contributed by atoms with van der Waals surface area (Å²) in [5, 5.41) is 0. The zero-order valence-electron chi connectivity index (χ0n) is 24.1. The minimum Gasteiger partial charge on any atom is -0.444 e. The fourth-order valence-corrected chi connectivity index (χ4v) is 5.50. The van der Waals surface area contributed by atoms with Gasteiger partial charge in [0.1, 0.15) is 23.6 Å². The van der Waals surface area contributed by atoms with Crippen LogP contribution in [0, 0.1) is 0 Å². The molecule has 10 nitrogen and oxygen atoms in total. The van der Waals surface area contributed by atoms with Crippen LogP contribution in [0.15, 0.2) is 48.9 Å². The summed E-state index contributed by atoms with van der Waals surface area (Å²) in [4.78, 5) is 40.8. The third-order valence-corrected chi connectivity index (χ3v) is 7.57. The quantitative estimate of drug-likeness (QED) is 0.367. The van der Waals surface area contributed by atoms with Crippen molar-refractivity contribution in [2.45, 2.75) is 52.2 Å². The summed E-state index contributed by atoms with van der Waals surface area (Å²) >= 11 is 0. The standard InChI is InChI=1S/C31H38N8O2/c1-31(2,3)41-30(40)39-14-12-37(13-15-39)20-22-8-9-32-24(16-22)18-28-35-25-7-6-23(17-27(25)36-28)26-19-29(34-21-33-26)38-10-4-5-11-38/h6-9,16-17,19,21H,4-5,10-15,18,20H2,1-3H3,(H,35,36). The molecule has 1 N–H and O–H groups in total. The van der Waals surface area contributed by atoms with Crippen LogP contribution in [0.4, 0.5) is 10.6 Å². The Morgan fingerprint density at radius 2 is 1.76 bits per heavy atom. The molecule has 0 radical (unpaired) electrons. The number of ether oxygens (including phenoxy) is 1. The van der Waals surface area contributed by atoms with E-state index in [1.54, 1.807) is 11.2 Å². The van der Waals surface area contributed by atoms with Crippen molar-refractivity contribution >= 4 is 22.9 Å². The number of imidazole rings is 1. The summed E-state index contributed by atoms with van der Waals surface area (Å²) < 4.78 is 5.52. The number of hydrogen-bond acceptors (Lipinski definition) is 8. The summed E-state index contributed by atoms with van der Waals surface area (Å²) in [5.41, 5.74) is 5.58. The number of H-pyrrole nitrogens is 1. The van der Waals surface area contributed by atoms with Crippen molar-refractivity contribution in [2.24, 2.45) is 0 Å². The topological polar surface area (TPSA) is 103 Å². The minimum atomic E-state index is -0.474. The van der Waals surface area contributed by atoms with Gasteiger partial charge in [-0.3, -0.25) is 9.88 Å². The van der Waals surface area contributed by atoms with Gasteiger partial charge >= 0.3 is 6.09 Å². The van der Waals surface area contributed by atoms with Gasteiger partial charge in [0.15, 0.2) is 0 Å². The van der Waals surface area contributed by atoms with E-state index < -0.39 is 5.60 Å². The van der Waals surface area contributed by atoms with E-state index in [1.165, 1.54) is 18.4 Å². The smallest absolute Gasteiger partial charge is 0.410 e. The van der Waals surface area contributed by atoms with Crippen molar-refractivity contribution in [1.82, 2.24) is 34.7 Å². The minimum absolute atomic E-state index is 0.231. The Kier molecular flexibility index (Phi) is 7.57. The lowest BCUT2D eigenvalue weighted by molar-refractivity contribution is 0.0139. The first-order valence-corrected chi connectivity index (χ1v) is 14.5. The number of aromatic nitrogens is 5. The highest BCUT2D eigenvalue weighted by atomic mass is 16.6. The summed E-state index contributed by atoms with van der Waals surface area (Å²) in [6.07, 6.45) is 6.35. The zero-order valence-corrected chi connectivity index (χ0v) is 24.1. The second kappa shape index (κ2) is 11.4. The number of fused-ring (bicyclic) bond motifs is 1. The molecule has 0 spiro atoms. The summed E-state index contributed by atoms with van der Waals surface area (Å²) in [6.45, 7) is 11.6. The molecule has 0 unspecified atom stereocenters. The van der Waals surface area contributed by atoms with Crippen molar-refractivity contribution in [3.05, 3.63) is 66.0 Å². The largest absolute Gasteiger partial charge is 0.444 e. The lowest BCUT2D eigenvalue weighted by Crippen LogP contribution is -2.49. The van der Waals surface area contributed by atoms with E-state index in [0.29, 0.717) is 19.5 Å². The highest BCUT2D eigenvalue weighted by Crippen LogP contribution is 2.26. The lowest BCUT2D eigenvalue weighted by Gasteiger charge is -2.35. The van der Waals surface area contributed by atoms with E-state index in [1.807, 2.05) is 33.0 Å². The molecule has 0 saturated carbocycles. The average molecular weight is 555 g/mol. The number of aromatic amines is 1. The number of rotatable bonds is 6. The van der Waals surface area contributed by atoms with Gasteiger partial charge in [0.05, 0.1) is 16.7 Å². The van der Waals surface area contributed by atoms with Crippen molar-refractivity contribution in [2.75, 3.05) is 44.2 Å². The number of carbonyl (C=O) groups is 1. The van der Waals surface area contributed by atoms with E-state index in [4.69, 9.17) is 9.72 Å². The Balaban J connectivity index is 1.09. The molecule has 5 heterocycles. The Hall–Kier alpha value is -4.05. The molecule has 1 aromatic carbocycles. The number of anilines is 1. The number of nitrogens with zero attached hydrogens (tertiary/aromatic N) is 7. The summed E-state index contributed by atoms with van der Waals surface area (Å²) in [7, 11) is 0. The predicted molar refractivity (Wildman–Crippen MR) is 159 cm³/mol. The van der Waals surface area contributed by atoms with Gasteiger partial charge in [-0.2, -0.15) is 0 Å². The van der Waals surface area contributed by atoms with E-state index in [0.717, 1.165) is 72.4 Å². The number of hydrogen-bond donors (Lipinski definition) is 1. The number of nitrogens with one attached hydrogen (secondary N) is 1. The molecular formula is C31H38N8O2. The molecule has 3 aromatic heterocycles. The maximum Gasteiger partial charge on any atom is 0.410 e. The Bertz CT molecular complexity index is 1510. The van der Waals surface area contributed by atoms with Gasteiger partial charge in [0.2, 0.25) is 0 Å². The zero-order chi connectivity index (χ0) is 28.4. The normalized spacial score (nSPS) is 16.5. The Labute approximate surface area is 240 Å². The van der Waals surface area contributed by atoms with Crippen molar-refractivity contribution < 1.29 is 9.53 Å². The van der Waals surface area contributed by atoms with Gasteiger partial charge in [-0.05, 0) is 63.4 Å². The SMILES string of the molecule is CC(C)(C)OC(=O)N1CCN(Cc2ccnc(Cc3nc4ccc(-c5cc(N6CCCC6)ncn5)cc4[nH]3)c2)CC1. The Morgan fingerprint density at radius 3 is 2.54 bits per heavy atom. The first kappa shape index (κ1) is 27.1. The molecule has 0 aliphatic carbocycles. The van der Waals surface area contributed by atoms with E-state index in [-0.39, 0.29) is 6.09 Å². The average Bonchev–Trinajstić information content (AvgIpc) is 3.63. The van der Waals surface area contributed by atoms with Crippen LogP contribution in [-0.4, -0.2) is 85.7 Å². The highest BCUT2D eigenvalue weighted by molar-refractivity contribution is 5.81. The van der Waals surface area contributed by atoms with Crippen LogP contribution in [0.1, 0.15) is 50.7 Å². The molecule has 0 bridgehead atoms. The highest BCUT2D eigenvalue weighted by Gasteiger charge is 2.26. The van der Waals surface area contributed by atoms with Crippen molar-refractivity contribution in [3.63, 3.8) is 0 Å². The molecule has 2 saturated heterocycles. The molecule has 41 heavy (non-hydrogen) atoms. The third kappa shape index (κ3) is 6.65. The maximum atomic E-state index is 12.4. The van der Waals surface area contributed by atoms with Gasteiger partial charge in [-0.15, -0.1) is 0 Å². The van der Waals surface area contributed by atoms with Crippen LogP contribution in [0.25, 0.3) is 22.3 Å². The van der Waals surface area contributed by atoms with Gasteiger partial charge in [-0.25, -0.2) is 19.7 Å². The molecule has 1 amide bonds. The van der Waals surface area contributed by atoms with Gasteiger partial charge < -0.3 is 19.5 Å². The first-order valence-electron chi connectivity index (χ1n) is 14.5. The molecule has 10 heteroatoms. The number of pyridine rings is 1. The molecular weight excluding hydrogens is 516 g/mol. The number of piperazine rings is 1. The van der Waals surface area contributed by atoms with E-state index >= 15 is 0 Å².